The average Bonchev–Trinajstić information content (AvgIpc) is 2.85. The minimum absolute atomic E-state index is 0. The number of hydrogen-bond acceptors (Lipinski definition) is 3. The molecule has 0 saturated heterocycles. The fraction of sp³-hybridized carbons (Fsp3) is 0.176. The number of anilines is 2. The lowest BCUT2D eigenvalue weighted by atomic mass is 10.1. The zero-order valence-corrected chi connectivity index (χ0v) is 14.4. The van der Waals surface area contributed by atoms with Crippen LogP contribution in [0.2, 0.25) is 5.02 Å². The van der Waals surface area contributed by atoms with Crippen LogP contribution >= 0.6 is 24.0 Å². The molecule has 0 radical (unpaired) electrons. The summed E-state index contributed by atoms with van der Waals surface area (Å²) < 4.78 is 0. The van der Waals surface area contributed by atoms with Crippen molar-refractivity contribution >= 4 is 47.2 Å². The summed E-state index contributed by atoms with van der Waals surface area (Å²) in [4.78, 5) is 18.2. The molecule has 23 heavy (non-hydrogen) atoms. The molecule has 0 fully saturated rings. The topological polar surface area (TPSA) is 44.7 Å². The van der Waals surface area contributed by atoms with E-state index in [4.69, 9.17) is 11.6 Å². The van der Waals surface area contributed by atoms with E-state index >= 15 is 0 Å². The van der Waals surface area contributed by atoms with E-state index in [0.717, 1.165) is 22.5 Å². The van der Waals surface area contributed by atoms with Crippen LogP contribution in [0.1, 0.15) is 11.1 Å². The van der Waals surface area contributed by atoms with Gasteiger partial charge in [0.2, 0.25) is 5.96 Å². The number of carbonyl (C=O) groups excluding carboxylic acids is 1. The smallest absolute Gasteiger partial charge is 0.255 e. The van der Waals surface area contributed by atoms with E-state index in [9.17, 15) is 4.79 Å². The van der Waals surface area contributed by atoms with E-state index in [-0.39, 0.29) is 24.9 Å². The zero-order valence-electron chi connectivity index (χ0n) is 12.8. The Bertz CT molecular complexity index is 774. The molecule has 0 unspecified atom stereocenters. The lowest BCUT2D eigenvalue weighted by Gasteiger charge is -2.22. The molecule has 1 heterocycles. The maximum atomic E-state index is 12.3. The molecular formula is C17H17Cl2N3O. The summed E-state index contributed by atoms with van der Waals surface area (Å²) in [6.45, 7) is 4.12. The van der Waals surface area contributed by atoms with E-state index in [1.54, 1.807) is 11.0 Å². The van der Waals surface area contributed by atoms with Crippen molar-refractivity contribution in [1.29, 1.82) is 0 Å². The van der Waals surface area contributed by atoms with E-state index in [1.165, 1.54) is 0 Å². The van der Waals surface area contributed by atoms with E-state index in [1.807, 2.05) is 50.2 Å². The van der Waals surface area contributed by atoms with Crippen molar-refractivity contribution in [3.63, 3.8) is 0 Å². The molecule has 2 aromatic rings. The fourth-order valence-corrected chi connectivity index (χ4v) is 2.57. The van der Waals surface area contributed by atoms with Gasteiger partial charge in [-0.1, -0.05) is 35.9 Å². The number of rotatable bonds is 2. The second-order valence-electron chi connectivity index (χ2n) is 5.26. The summed E-state index contributed by atoms with van der Waals surface area (Å²) >= 11 is 6.17. The Morgan fingerprint density at radius 2 is 1.91 bits per heavy atom. The number of aliphatic imine (C=N–C) groups is 1. The Balaban J connectivity index is 0.00000192. The first-order chi connectivity index (χ1) is 10.6. The highest BCUT2D eigenvalue weighted by molar-refractivity contribution is 6.34. The molecule has 0 spiro atoms. The van der Waals surface area contributed by atoms with Crippen LogP contribution in [0.4, 0.5) is 11.4 Å². The molecule has 0 atom stereocenters. The summed E-state index contributed by atoms with van der Waals surface area (Å²) in [5.41, 5.74) is 3.70. The Kier molecular flexibility index (Phi) is 5.29. The number of halogens is 2. The summed E-state index contributed by atoms with van der Waals surface area (Å²) in [6.07, 6.45) is 0. The molecular weight excluding hydrogens is 333 g/mol. The first-order valence-corrected chi connectivity index (χ1v) is 7.40. The minimum atomic E-state index is -0.0525. The molecule has 120 valence electrons. The third kappa shape index (κ3) is 3.49. The molecule has 3 rings (SSSR count). The first kappa shape index (κ1) is 17.3. The molecule has 0 bridgehead atoms. The van der Waals surface area contributed by atoms with Gasteiger partial charge in [-0.05, 0) is 43.2 Å². The number of aryl methyl sites for hydroxylation is 2. The van der Waals surface area contributed by atoms with Gasteiger partial charge in [0.15, 0.2) is 0 Å². The summed E-state index contributed by atoms with van der Waals surface area (Å²) in [5, 5.41) is 3.75. The van der Waals surface area contributed by atoms with Crippen molar-refractivity contribution in [1.82, 2.24) is 0 Å². The molecule has 0 saturated carbocycles. The maximum Gasteiger partial charge on any atom is 0.255 e. The van der Waals surface area contributed by atoms with Gasteiger partial charge in [-0.3, -0.25) is 4.79 Å². The second kappa shape index (κ2) is 7.02. The number of benzene rings is 2. The van der Waals surface area contributed by atoms with Crippen LogP contribution in [-0.4, -0.2) is 18.4 Å². The SMILES string of the molecule is Cc1ccc(C)c(N2C(=O)CN=C2Nc2ccccc2Cl)c1.Cl. The van der Waals surface area contributed by atoms with Gasteiger partial charge in [0.1, 0.15) is 6.54 Å². The Hall–Kier alpha value is -2.04. The van der Waals surface area contributed by atoms with Gasteiger partial charge < -0.3 is 5.32 Å². The predicted octanol–water partition coefficient (Wildman–Crippen LogP) is 4.19. The van der Waals surface area contributed by atoms with Gasteiger partial charge in [0, 0.05) is 0 Å². The molecule has 1 aliphatic rings. The number of nitrogens with one attached hydrogen (secondary N) is 1. The average molecular weight is 350 g/mol. The van der Waals surface area contributed by atoms with Crippen molar-refractivity contribution in [3.8, 4) is 0 Å². The summed E-state index contributed by atoms with van der Waals surface area (Å²) in [7, 11) is 0. The predicted molar refractivity (Wildman–Crippen MR) is 98.0 cm³/mol. The van der Waals surface area contributed by atoms with Crippen LogP contribution in [0.3, 0.4) is 0 Å². The van der Waals surface area contributed by atoms with E-state index < -0.39 is 0 Å². The maximum absolute atomic E-state index is 12.3. The number of para-hydroxylation sites is 1. The third-order valence-electron chi connectivity index (χ3n) is 3.55. The second-order valence-corrected chi connectivity index (χ2v) is 5.67. The Labute approximate surface area is 146 Å². The highest BCUT2D eigenvalue weighted by Gasteiger charge is 2.28. The molecule has 1 aliphatic heterocycles. The van der Waals surface area contributed by atoms with Gasteiger partial charge in [-0.2, -0.15) is 0 Å². The lowest BCUT2D eigenvalue weighted by molar-refractivity contribution is -0.115. The summed E-state index contributed by atoms with van der Waals surface area (Å²) in [6, 6.07) is 13.4. The van der Waals surface area contributed by atoms with Crippen LogP contribution in [0.15, 0.2) is 47.5 Å². The monoisotopic (exact) mass is 349 g/mol. The van der Waals surface area contributed by atoms with Gasteiger partial charge in [-0.15, -0.1) is 12.4 Å². The van der Waals surface area contributed by atoms with E-state index in [2.05, 4.69) is 10.3 Å². The molecule has 0 aliphatic carbocycles. The fourth-order valence-electron chi connectivity index (χ4n) is 2.39. The van der Waals surface area contributed by atoms with Crippen molar-refractivity contribution in [2.75, 3.05) is 16.8 Å². The van der Waals surface area contributed by atoms with Crippen LogP contribution in [0, 0.1) is 13.8 Å². The largest absolute Gasteiger partial charge is 0.324 e. The highest BCUT2D eigenvalue weighted by Crippen LogP contribution is 2.27. The number of amides is 1. The number of guanidine groups is 1. The van der Waals surface area contributed by atoms with Crippen LogP contribution in [-0.2, 0) is 4.79 Å². The van der Waals surface area contributed by atoms with Gasteiger partial charge in [0.05, 0.1) is 16.4 Å². The molecule has 1 amide bonds. The normalized spacial score (nSPS) is 13.6. The Morgan fingerprint density at radius 3 is 2.65 bits per heavy atom. The van der Waals surface area contributed by atoms with Gasteiger partial charge in [-0.25, -0.2) is 9.89 Å². The lowest BCUT2D eigenvalue weighted by Crippen LogP contribution is -2.37. The number of carbonyl (C=O) groups is 1. The first-order valence-electron chi connectivity index (χ1n) is 7.02. The van der Waals surface area contributed by atoms with Gasteiger partial charge >= 0.3 is 0 Å². The minimum Gasteiger partial charge on any atom is -0.324 e. The Morgan fingerprint density at radius 1 is 1.17 bits per heavy atom. The van der Waals surface area contributed by atoms with Crippen LogP contribution < -0.4 is 10.2 Å². The molecule has 1 N–H and O–H groups in total. The van der Waals surface area contributed by atoms with Gasteiger partial charge in [0.25, 0.3) is 5.91 Å². The molecule has 2 aromatic carbocycles. The molecule has 4 nitrogen and oxygen atoms in total. The highest BCUT2D eigenvalue weighted by atomic mass is 35.5. The van der Waals surface area contributed by atoms with Crippen molar-refractivity contribution in [2.24, 2.45) is 4.99 Å². The zero-order chi connectivity index (χ0) is 15.7. The third-order valence-corrected chi connectivity index (χ3v) is 3.88. The van der Waals surface area contributed by atoms with Crippen LogP contribution in [0.5, 0.6) is 0 Å². The van der Waals surface area contributed by atoms with Crippen LogP contribution in [0.25, 0.3) is 0 Å². The van der Waals surface area contributed by atoms with E-state index in [0.29, 0.717) is 11.0 Å². The molecule has 0 aromatic heterocycles. The van der Waals surface area contributed by atoms with Crippen molar-refractivity contribution in [3.05, 3.63) is 58.6 Å². The summed E-state index contributed by atoms with van der Waals surface area (Å²) in [5.74, 6) is 0.454. The van der Waals surface area contributed by atoms with Crippen molar-refractivity contribution in [2.45, 2.75) is 13.8 Å². The quantitative estimate of drug-likeness (QED) is 0.883. The number of hydrogen-bond donors (Lipinski definition) is 1. The number of nitrogens with zero attached hydrogens (tertiary/aromatic N) is 2. The molecule has 6 heteroatoms. The standard InChI is InChI=1S/C17H16ClN3O.ClH/c1-11-7-8-12(2)15(9-11)21-16(22)10-19-17(21)20-14-6-4-3-5-13(14)18;/h3-9H,10H2,1-2H3,(H,19,20);1H. The van der Waals surface area contributed by atoms with Crippen molar-refractivity contribution < 1.29 is 4.79 Å².